The number of hydrogen-bond acceptors (Lipinski definition) is 6. The Kier molecular flexibility index (Phi) is 5.02. The van der Waals surface area contributed by atoms with Crippen molar-refractivity contribution in [2.75, 3.05) is 0 Å². The number of hydrogen-bond donors (Lipinski definition) is 2. The number of imidazole rings is 1. The van der Waals surface area contributed by atoms with Gasteiger partial charge in [0.1, 0.15) is 17.6 Å². The van der Waals surface area contributed by atoms with Crippen molar-refractivity contribution < 1.29 is 9.50 Å². The summed E-state index contributed by atoms with van der Waals surface area (Å²) in [6, 6.07) is 5.39. The summed E-state index contributed by atoms with van der Waals surface area (Å²) < 4.78 is 16.9. The second-order valence-electron chi connectivity index (χ2n) is 8.70. The van der Waals surface area contributed by atoms with Gasteiger partial charge in [-0.2, -0.15) is 0 Å². The molecule has 2 aromatic heterocycles. The van der Waals surface area contributed by atoms with Crippen molar-refractivity contribution in [1.82, 2.24) is 30.0 Å². The number of nitrogens with one attached hydrogen (secondary N) is 1. The van der Waals surface area contributed by atoms with E-state index in [-0.39, 0.29) is 17.7 Å². The minimum Gasteiger partial charge on any atom is -0.507 e. The number of piperidine rings is 2. The van der Waals surface area contributed by atoms with Gasteiger partial charge in [-0.25, -0.2) is 14.4 Å². The largest absolute Gasteiger partial charge is 0.507 e. The second-order valence-corrected chi connectivity index (χ2v) is 8.70. The van der Waals surface area contributed by atoms with Crippen LogP contribution >= 0.6 is 0 Å². The van der Waals surface area contributed by atoms with Crippen LogP contribution in [0.2, 0.25) is 0 Å². The molecule has 31 heavy (non-hydrogen) atoms. The molecule has 2 fully saturated rings. The van der Waals surface area contributed by atoms with Crippen molar-refractivity contribution in [1.29, 1.82) is 0 Å². The molecule has 0 spiro atoms. The van der Waals surface area contributed by atoms with Crippen LogP contribution < -0.4 is 5.32 Å². The van der Waals surface area contributed by atoms with Gasteiger partial charge in [-0.05, 0) is 42.9 Å². The summed E-state index contributed by atoms with van der Waals surface area (Å²) in [7, 11) is 0. The lowest BCUT2D eigenvalue weighted by Crippen LogP contribution is -2.57. The van der Waals surface area contributed by atoms with Crippen molar-refractivity contribution in [3.05, 3.63) is 55.4 Å². The number of aromatic hydroxyl groups is 1. The topological polar surface area (TPSA) is 88.8 Å². The average molecular weight is 420 g/mol. The first-order valence-corrected chi connectivity index (χ1v) is 10.6. The molecule has 1 unspecified atom stereocenters. The van der Waals surface area contributed by atoms with Crippen molar-refractivity contribution in [2.45, 2.75) is 44.4 Å². The minimum atomic E-state index is -0.993. The maximum absolute atomic E-state index is 15.1. The quantitative estimate of drug-likeness (QED) is 0.671. The molecule has 5 atom stereocenters. The van der Waals surface area contributed by atoms with E-state index in [4.69, 9.17) is 0 Å². The van der Waals surface area contributed by atoms with Crippen LogP contribution in [0.4, 0.5) is 4.39 Å². The molecule has 2 bridgehead atoms. The first kappa shape index (κ1) is 19.8. The molecule has 0 radical (unpaired) electrons. The number of aromatic nitrogens is 5. The van der Waals surface area contributed by atoms with E-state index in [1.54, 1.807) is 41.6 Å². The highest BCUT2D eigenvalue weighted by atomic mass is 19.1. The van der Waals surface area contributed by atoms with E-state index in [0.29, 0.717) is 41.0 Å². The number of phenols is 1. The van der Waals surface area contributed by atoms with Gasteiger partial charge in [-0.1, -0.05) is 13.5 Å². The zero-order chi connectivity index (χ0) is 21.5. The van der Waals surface area contributed by atoms with Gasteiger partial charge in [-0.3, -0.25) is 0 Å². The van der Waals surface area contributed by atoms with E-state index in [1.807, 2.05) is 6.07 Å². The van der Waals surface area contributed by atoms with Crippen LogP contribution in [0, 0.1) is 11.8 Å². The van der Waals surface area contributed by atoms with Gasteiger partial charge in [0, 0.05) is 36.5 Å². The maximum Gasteiger partial charge on any atom is 0.185 e. The first-order valence-electron chi connectivity index (χ1n) is 10.6. The van der Waals surface area contributed by atoms with Gasteiger partial charge in [0.25, 0.3) is 0 Å². The molecule has 8 heteroatoms. The third kappa shape index (κ3) is 3.72. The Morgan fingerprint density at radius 2 is 2.13 bits per heavy atom. The third-order valence-electron chi connectivity index (χ3n) is 6.46. The van der Waals surface area contributed by atoms with Gasteiger partial charge < -0.3 is 15.0 Å². The first-order chi connectivity index (χ1) is 15.0. The second kappa shape index (κ2) is 7.85. The summed E-state index contributed by atoms with van der Waals surface area (Å²) >= 11 is 0. The molecule has 1 aromatic carbocycles. The van der Waals surface area contributed by atoms with Crippen LogP contribution in [0.15, 0.2) is 49.7 Å². The Morgan fingerprint density at radius 3 is 2.84 bits per heavy atom. The van der Waals surface area contributed by atoms with Gasteiger partial charge in [-0.15, -0.1) is 10.2 Å². The van der Waals surface area contributed by atoms with Gasteiger partial charge >= 0.3 is 0 Å². The van der Waals surface area contributed by atoms with Gasteiger partial charge in [0.15, 0.2) is 5.82 Å². The van der Waals surface area contributed by atoms with E-state index < -0.39 is 6.17 Å². The lowest BCUT2D eigenvalue weighted by Gasteiger charge is -2.45. The Morgan fingerprint density at radius 1 is 1.26 bits per heavy atom. The zero-order valence-electron chi connectivity index (χ0n) is 17.3. The maximum atomic E-state index is 15.1. The number of fused-ring (bicyclic) bond motifs is 2. The number of nitrogens with zero attached hydrogens (tertiary/aromatic N) is 5. The van der Waals surface area contributed by atoms with Crippen molar-refractivity contribution in [3.63, 3.8) is 0 Å². The third-order valence-corrected chi connectivity index (χ3v) is 6.46. The number of alkyl halides is 1. The summed E-state index contributed by atoms with van der Waals surface area (Å²) in [5, 5.41) is 22.3. The van der Waals surface area contributed by atoms with E-state index >= 15 is 4.39 Å². The molecule has 2 N–H and O–H groups in total. The Balaban J connectivity index is 1.35. The number of benzene rings is 1. The molecule has 2 aliphatic rings. The fraction of sp³-hybridized carbons (Fsp3) is 0.391. The van der Waals surface area contributed by atoms with Crippen LogP contribution in [0.25, 0.3) is 22.6 Å². The average Bonchev–Trinajstić information content (AvgIpc) is 3.31. The fourth-order valence-electron chi connectivity index (χ4n) is 4.91. The summed E-state index contributed by atoms with van der Waals surface area (Å²) in [6.45, 7) is 6.33. The number of allylic oxidation sites excluding steroid dienone is 1. The predicted octanol–water partition coefficient (Wildman–Crippen LogP) is 3.56. The molecule has 0 saturated carbocycles. The van der Waals surface area contributed by atoms with Crippen molar-refractivity contribution in [2.24, 2.45) is 11.8 Å². The molecule has 3 aromatic rings. The molecular formula is C23H25FN6O. The zero-order valence-corrected chi connectivity index (χ0v) is 17.3. The molecule has 7 nitrogen and oxygen atoms in total. The smallest absolute Gasteiger partial charge is 0.185 e. The Bertz CT molecular complexity index is 1080. The summed E-state index contributed by atoms with van der Waals surface area (Å²) in [5.41, 5.74) is 2.39. The van der Waals surface area contributed by atoms with Gasteiger partial charge in [0.2, 0.25) is 0 Å². The standard InChI is InChI=1S/C23H25FN6O/c1-13-7-15-9-18(22(24)19(8-13)27-15)14(2)20-11-26-23(29-28-20)17-4-3-16(10-21(17)31)30-6-5-25-12-30/h3-6,10-13,15,18-19,22,27,31H,2,7-9H2,1H3/t13?,15-,18+,19+,22+/m0/s1. The lowest BCUT2D eigenvalue weighted by atomic mass is 9.72. The van der Waals surface area contributed by atoms with E-state index in [9.17, 15) is 5.11 Å². The summed E-state index contributed by atoms with van der Waals surface area (Å²) in [4.78, 5) is 8.38. The molecule has 2 saturated heterocycles. The van der Waals surface area contributed by atoms with Crippen molar-refractivity contribution in [3.8, 4) is 22.8 Å². The Hall–Kier alpha value is -3.13. The fourth-order valence-corrected chi connectivity index (χ4v) is 4.91. The number of halogens is 1. The number of phenolic OH excluding ortho intramolecular Hbond substituents is 1. The van der Waals surface area contributed by atoms with E-state index in [0.717, 1.165) is 18.5 Å². The summed E-state index contributed by atoms with van der Waals surface area (Å²) in [5.74, 6) is 0.605. The van der Waals surface area contributed by atoms with E-state index in [2.05, 4.69) is 39.0 Å². The van der Waals surface area contributed by atoms with Crippen LogP contribution in [0.1, 0.15) is 31.9 Å². The normalized spacial score (nSPS) is 27.7. The van der Waals surface area contributed by atoms with Crippen LogP contribution in [0.3, 0.4) is 0 Å². The molecule has 5 rings (SSSR count). The van der Waals surface area contributed by atoms with E-state index in [1.165, 1.54) is 0 Å². The van der Waals surface area contributed by atoms with Gasteiger partial charge in [0.05, 0.1) is 23.8 Å². The van der Waals surface area contributed by atoms with Crippen molar-refractivity contribution >= 4 is 5.57 Å². The predicted molar refractivity (Wildman–Crippen MR) is 115 cm³/mol. The highest BCUT2D eigenvalue weighted by Gasteiger charge is 2.43. The monoisotopic (exact) mass is 420 g/mol. The molecule has 0 aliphatic carbocycles. The molecule has 160 valence electrons. The molecule has 0 amide bonds. The lowest BCUT2D eigenvalue weighted by molar-refractivity contribution is 0.0773. The molecule has 4 heterocycles. The van der Waals surface area contributed by atoms with Crippen LogP contribution in [-0.4, -0.2) is 48.1 Å². The minimum absolute atomic E-state index is 0.0451. The summed E-state index contributed by atoms with van der Waals surface area (Å²) in [6.07, 6.45) is 8.31. The number of rotatable bonds is 4. The highest BCUT2D eigenvalue weighted by Crippen LogP contribution is 2.40. The Labute approximate surface area is 180 Å². The molecule has 2 aliphatic heterocycles. The SMILES string of the molecule is C=C(c1cnc(-c2ccc(-n3ccnc3)cc2O)nn1)[C@H]1C[C@@H]2CC(C)C[C@@H](N2)[C@@H]1F. The molecular weight excluding hydrogens is 395 g/mol. The highest BCUT2D eigenvalue weighted by molar-refractivity contribution is 5.67. The van der Waals surface area contributed by atoms with Crippen LogP contribution in [0.5, 0.6) is 5.75 Å². The van der Waals surface area contributed by atoms with Crippen LogP contribution in [-0.2, 0) is 0 Å².